The van der Waals surface area contributed by atoms with E-state index in [0.29, 0.717) is 12.0 Å². The van der Waals surface area contributed by atoms with Crippen molar-refractivity contribution in [1.29, 1.82) is 0 Å². The van der Waals surface area contributed by atoms with Gasteiger partial charge in [-0.2, -0.15) is 5.10 Å². The van der Waals surface area contributed by atoms with Crippen molar-refractivity contribution in [2.75, 3.05) is 10.3 Å². The predicted molar refractivity (Wildman–Crippen MR) is 122 cm³/mol. The van der Waals surface area contributed by atoms with E-state index in [0.717, 1.165) is 18.1 Å². The summed E-state index contributed by atoms with van der Waals surface area (Å²) in [6.07, 6.45) is 2.63. The first-order valence-electron chi connectivity index (χ1n) is 10.2. The second-order valence-corrected chi connectivity index (χ2v) is 8.79. The summed E-state index contributed by atoms with van der Waals surface area (Å²) in [5.41, 5.74) is 5.37. The van der Waals surface area contributed by atoms with Crippen LogP contribution in [-0.2, 0) is 0 Å². The molecule has 0 aromatic heterocycles. The minimum Gasteiger partial charge on any atom is -0.364 e. The average molecular weight is 425 g/mol. The number of fused-ring (bicyclic) bond motifs is 1. The molecule has 0 fully saturated rings. The molecule has 0 aliphatic carbocycles. The van der Waals surface area contributed by atoms with Crippen LogP contribution in [0, 0.1) is 20.2 Å². The summed E-state index contributed by atoms with van der Waals surface area (Å²) in [7, 11) is 0. The molecule has 9 heteroatoms. The highest BCUT2D eigenvalue weighted by atomic mass is 16.6. The van der Waals surface area contributed by atoms with E-state index >= 15 is 0 Å². The molecule has 9 nitrogen and oxygen atoms in total. The number of nitro groups is 2. The van der Waals surface area contributed by atoms with Gasteiger partial charge in [0.1, 0.15) is 5.69 Å². The number of benzene rings is 2. The van der Waals surface area contributed by atoms with Crippen LogP contribution < -0.4 is 10.3 Å². The highest BCUT2D eigenvalue weighted by molar-refractivity contribution is 5.83. The van der Waals surface area contributed by atoms with Gasteiger partial charge in [0.05, 0.1) is 22.1 Å². The average Bonchev–Trinajstić information content (AvgIpc) is 2.67. The van der Waals surface area contributed by atoms with Gasteiger partial charge >= 0.3 is 5.69 Å². The zero-order valence-corrected chi connectivity index (χ0v) is 18.3. The van der Waals surface area contributed by atoms with Crippen molar-refractivity contribution < 1.29 is 9.85 Å². The molecular formula is C22H27N5O4. The van der Waals surface area contributed by atoms with Crippen molar-refractivity contribution in [1.82, 2.24) is 0 Å². The number of anilines is 2. The number of rotatable bonds is 6. The normalized spacial score (nSPS) is 17.6. The summed E-state index contributed by atoms with van der Waals surface area (Å²) in [4.78, 5) is 23.2. The Morgan fingerprint density at radius 2 is 1.87 bits per heavy atom. The largest absolute Gasteiger partial charge is 0.364 e. The second kappa shape index (κ2) is 8.33. The van der Waals surface area contributed by atoms with Gasteiger partial charge in [-0.1, -0.05) is 13.0 Å². The molecule has 1 atom stereocenters. The molecule has 164 valence electrons. The van der Waals surface area contributed by atoms with Crippen molar-refractivity contribution in [3.8, 4) is 0 Å². The number of hydrogen-bond donors (Lipinski definition) is 1. The van der Waals surface area contributed by atoms with Crippen LogP contribution in [0.3, 0.4) is 0 Å². The van der Waals surface area contributed by atoms with Gasteiger partial charge in [0.25, 0.3) is 5.69 Å². The highest BCUT2D eigenvalue weighted by Gasteiger charge is 2.37. The number of nitrogens with one attached hydrogen (secondary N) is 1. The Bertz CT molecular complexity index is 1050. The minimum absolute atomic E-state index is 0.0621. The fraction of sp³-hybridized carbons (Fsp3) is 0.409. The lowest BCUT2D eigenvalue weighted by Crippen LogP contribution is -2.51. The second-order valence-electron chi connectivity index (χ2n) is 8.79. The molecule has 0 saturated carbocycles. The third-order valence-electron chi connectivity index (χ3n) is 5.60. The van der Waals surface area contributed by atoms with E-state index in [9.17, 15) is 20.2 Å². The lowest BCUT2D eigenvalue weighted by Gasteiger charge is -2.50. The number of nitro benzene ring substituents is 2. The first-order valence-corrected chi connectivity index (χ1v) is 10.2. The van der Waals surface area contributed by atoms with Crippen LogP contribution in [0.25, 0.3) is 0 Å². The first-order chi connectivity index (χ1) is 14.5. The van der Waals surface area contributed by atoms with Crippen molar-refractivity contribution in [3.05, 3.63) is 67.8 Å². The molecule has 1 aliphatic rings. The molecule has 2 aromatic rings. The lowest BCUT2D eigenvalue weighted by atomic mass is 9.79. The maximum absolute atomic E-state index is 11.3. The SMILES string of the molecule is CC(C)N1c2ccc(/C=N\Nc3ccc([N+](=O)[O-])cc3[N+](=O)[O-])cc2[C@@H](C)CC1(C)C. The van der Waals surface area contributed by atoms with Crippen molar-refractivity contribution in [3.63, 3.8) is 0 Å². The maximum atomic E-state index is 11.3. The van der Waals surface area contributed by atoms with Gasteiger partial charge in [-0.25, -0.2) is 0 Å². The van der Waals surface area contributed by atoms with Gasteiger partial charge in [0.15, 0.2) is 0 Å². The molecule has 0 radical (unpaired) electrons. The van der Waals surface area contributed by atoms with E-state index in [1.54, 1.807) is 6.21 Å². The summed E-state index contributed by atoms with van der Waals surface area (Å²) in [5.74, 6) is 0.386. The van der Waals surface area contributed by atoms with Gasteiger partial charge in [0.2, 0.25) is 0 Å². The van der Waals surface area contributed by atoms with Gasteiger partial charge in [0, 0.05) is 23.3 Å². The minimum atomic E-state index is -0.673. The van der Waals surface area contributed by atoms with E-state index in [2.05, 4.69) is 62.2 Å². The topological polar surface area (TPSA) is 114 Å². The Hall–Kier alpha value is -3.49. The Labute approximate surface area is 181 Å². The number of hydrazone groups is 1. The molecule has 1 N–H and O–H groups in total. The van der Waals surface area contributed by atoms with E-state index in [1.165, 1.54) is 23.4 Å². The van der Waals surface area contributed by atoms with Crippen LogP contribution in [0.4, 0.5) is 22.7 Å². The lowest BCUT2D eigenvalue weighted by molar-refractivity contribution is -0.393. The number of non-ortho nitro benzene ring substituents is 1. The Morgan fingerprint density at radius 3 is 2.48 bits per heavy atom. The van der Waals surface area contributed by atoms with Crippen molar-refractivity contribution in [2.24, 2.45) is 5.10 Å². The van der Waals surface area contributed by atoms with Gasteiger partial charge in [-0.15, -0.1) is 0 Å². The summed E-state index contributed by atoms with van der Waals surface area (Å²) < 4.78 is 0. The monoisotopic (exact) mass is 425 g/mol. The van der Waals surface area contributed by atoms with Crippen LogP contribution in [0.15, 0.2) is 41.5 Å². The molecule has 1 heterocycles. The van der Waals surface area contributed by atoms with E-state index < -0.39 is 15.5 Å². The van der Waals surface area contributed by atoms with E-state index in [4.69, 9.17) is 0 Å². The Morgan fingerprint density at radius 1 is 1.16 bits per heavy atom. The molecule has 0 amide bonds. The van der Waals surface area contributed by atoms with Crippen molar-refractivity contribution >= 4 is 29.0 Å². The van der Waals surface area contributed by atoms with Gasteiger partial charge in [-0.3, -0.25) is 25.7 Å². The van der Waals surface area contributed by atoms with Crippen LogP contribution in [0.5, 0.6) is 0 Å². The fourth-order valence-corrected chi connectivity index (χ4v) is 4.58. The molecular weight excluding hydrogens is 398 g/mol. The quantitative estimate of drug-likeness (QED) is 0.374. The van der Waals surface area contributed by atoms with Crippen LogP contribution in [0.1, 0.15) is 58.1 Å². The zero-order chi connectivity index (χ0) is 22.9. The van der Waals surface area contributed by atoms with Gasteiger partial charge in [-0.05, 0) is 69.4 Å². The summed E-state index contributed by atoms with van der Waals surface area (Å²) in [6.45, 7) is 11.1. The number of hydrogen-bond acceptors (Lipinski definition) is 7. The predicted octanol–water partition coefficient (Wildman–Crippen LogP) is 5.45. The van der Waals surface area contributed by atoms with Crippen LogP contribution in [-0.4, -0.2) is 27.6 Å². The van der Waals surface area contributed by atoms with Crippen LogP contribution >= 0.6 is 0 Å². The fourth-order valence-electron chi connectivity index (χ4n) is 4.58. The van der Waals surface area contributed by atoms with Gasteiger partial charge < -0.3 is 4.90 Å². The van der Waals surface area contributed by atoms with Crippen LogP contribution in [0.2, 0.25) is 0 Å². The summed E-state index contributed by atoms with van der Waals surface area (Å²) in [5, 5.41) is 26.2. The van der Waals surface area contributed by atoms with E-state index in [-0.39, 0.29) is 16.9 Å². The summed E-state index contributed by atoms with van der Waals surface area (Å²) >= 11 is 0. The molecule has 3 rings (SSSR count). The molecule has 0 saturated heterocycles. The molecule has 0 unspecified atom stereocenters. The third kappa shape index (κ3) is 4.50. The maximum Gasteiger partial charge on any atom is 0.301 e. The molecule has 0 bridgehead atoms. The summed E-state index contributed by atoms with van der Waals surface area (Å²) in [6, 6.07) is 9.94. The zero-order valence-electron chi connectivity index (χ0n) is 18.3. The Balaban J connectivity index is 1.86. The van der Waals surface area contributed by atoms with Crippen molar-refractivity contribution in [2.45, 2.75) is 58.5 Å². The smallest absolute Gasteiger partial charge is 0.301 e. The van der Waals surface area contributed by atoms with E-state index in [1.807, 2.05) is 6.07 Å². The standard InChI is InChI=1S/C22H27N5O4/c1-14(2)25-20-9-6-16(10-18(20)15(3)12-22(25,4)5)13-23-24-19-8-7-17(26(28)29)11-21(19)27(30)31/h6-11,13-15,24H,12H2,1-5H3/b23-13-/t15-/m0/s1. The first kappa shape index (κ1) is 22.2. The highest BCUT2D eigenvalue weighted by Crippen LogP contribution is 2.44. The third-order valence-corrected chi connectivity index (χ3v) is 5.60. The number of nitrogens with zero attached hydrogens (tertiary/aromatic N) is 4. The Kier molecular flexibility index (Phi) is 5.97. The molecule has 1 aliphatic heterocycles. The molecule has 31 heavy (non-hydrogen) atoms. The molecule has 0 spiro atoms. The molecule has 2 aromatic carbocycles.